The van der Waals surface area contributed by atoms with Gasteiger partial charge in [0, 0.05) is 20.1 Å². The van der Waals surface area contributed by atoms with E-state index in [2.05, 4.69) is 0 Å². The predicted octanol–water partition coefficient (Wildman–Crippen LogP) is -0.155. The number of rotatable bonds is 3. The highest BCUT2D eigenvalue weighted by molar-refractivity contribution is 7.91. The first kappa shape index (κ1) is 14.4. The van der Waals surface area contributed by atoms with Crippen molar-refractivity contribution in [2.75, 3.05) is 26.7 Å². The van der Waals surface area contributed by atoms with E-state index in [1.54, 1.807) is 13.1 Å². The molecule has 0 radical (unpaired) electrons. The van der Waals surface area contributed by atoms with E-state index < -0.39 is 10.0 Å². The summed E-state index contributed by atoms with van der Waals surface area (Å²) < 4.78 is 26.1. The summed E-state index contributed by atoms with van der Waals surface area (Å²) >= 11 is 5.83. The Morgan fingerprint density at radius 1 is 1.42 bits per heavy atom. The third kappa shape index (κ3) is 2.78. The molecule has 1 aliphatic heterocycles. The fraction of sp³-hybridized carbons (Fsp3) is 0.400. The summed E-state index contributed by atoms with van der Waals surface area (Å²) in [5.41, 5.74) is 5.46. The van der Waals surface area contributed by atoms with E-state index in [0.29, 0.717) is 18.0 Å². The van der Waals surface area contributed by atoms with Crippen molar-refractivity contribution in [2.24, 2.45) is 5.73 Å². The Bertz CT molecular complexity index is 623. The maximum atomic E-state index is 12.4. The molecule has 0 aromatic carbocycles. The Labute approximate surface area is 120 Å². The predicted molar refractivity (Wildman–Crippen MR) is 76.6 cm³/mol. The highest BCUT2D eigenvalue weighted by atomic mass is 32.2. The van der Waals surface area contributed by atoms with Crippen molar-refractivity contribution in [1.29, 1.82) is 0 Å². The molecule has 1 aliphatic rings. The Balaban J connectivity index is 2.27. The summed E-state index contributed by atoms with van der Waals surface area (Å²) in [5.74, 6) is -0.207. The lowest BCUT2D eigenvalue weighted by Gasteiger charge is -2.30. The standard InChI is InChI=1S/C10H13N3O3S3/c1-12-4-5-13(6-8(12)14)19(15,16)9-3-2-7(18-9)10(11)17/h2-3H,4-6H2,1H3,(H2,11,17). The van der Waals surface area contributed by atoms with Gasteiger partial charge in [-0.15, -0.1) is 11.3 Å². The average molecular weight is 319 g/mol. The minimum atomic E-state index is -3.64. The van der Waals surface area contributed by atoms with Gasteiger partial charge in [0.1, 0.15) is 9.20 Å². The van der Waals surface area contributed by atoms with Gasteiger partial charge in [-0.05, 0) is 12.1 Å². The Morgan fingerprint density at radius 2 is 2.11 bits per heavy atom. The van der Waals surface area contributed by atoms with Crippen LogP contribution in [0, 0.1) is 0 Å². The quantitative estimate of drug-likeness (QED) is 0.783. The van der Waals surface area contributed by atoms with Crippen molar-refractivity contribution in [3.05, 3.63) is 17.0 Å². The molecule has 0 unspecified atom stereocenters. The molecule has 19 heavy (non-hydrogen) atoms. The van der Waals surface area contributed by atoms with Crippen LogP contribution in [0.25, 0.3) is 0 Å². The van der Waals surface area contributed by atoms with Gasteiger partial charge in [0.05, 0.1) is 11.4 Å². The van der Waals surface area contributed by atoms with Crippen LogP contribution in [-0.2, 0) is 14.8 Å². The normalized spacial score (nSPS) is 17.7. The molecule has 0 bridgehead atoms. The largest absolute Gasteiger partial charge is 0.389 e. The average Bonchev–Trinajstić information content (AvgIpc) is 2.82. The molecule has 104 valence electrons. The molecule has 9 heteroatoms. The number of sulfonamides is 1. The van der Waals surface area contributed by atoms with Gasteiger partial charge in [0.25, 0.3) is 10.0 Å². The van der Waals surface area contributed by atoms with E-state index in [1.165, 1.54) is 15.3 Å². The smallest absolute Gasteiger partial charge is 0.253 e. The van der Waals surface area contributed by atoms with Crippen molar-refractivity contribution in [1.82, 2.24) is 9.21 Å². The Hall–Kier alpha value is -1.03. The van der Waals surface area contributed by atoms with Crippen molar-refractivity contribution in [3.63, 3.8) is 0 Å². The van der Waals surface area contributed by atoms with E-state index in [0.717, 1.165) is 11.3 Å². The number of hydrogen-bond donors (Lipinski definition) is 1. The van der Waals surface area contributed by atoms with E-state index in [1.807, 2.05) is 0 Å². The van der Waals surface area contributed by atoms with Crippen LogP contribution < -0.4 is 5.73 Å². The Kier molecular flexibility index (Phi) is 3.90. The van der Waals surface area contributed by atoms with Gasteiger partial charge in [0.15, 0.2) is 0 Å². The van der Waals surface area contributed by atoms with Gasteiger partial charge in [-0.3, -0.25) is 4.79 Å². The van der Waals surface area contributed by atoms with Crippen molar-refractivity contribution in [3.8, 4) is 0 Å². The molecule has 2 rings (SSSR count). The first-order chi connectivity index (χ1) is 8.82. The number of nitrogens with zero attached hydrogens (tertiary/aromatic N) is 2. The molecule has 1 fully saturated rings. The van der Waals surface area contributed by atoms with Gasteiger partial charge >= 0.3 is 0 Å². The first-order valence-electron chi connectivity index (χ1n) is 5.46. The number of carbonyl (C=O) groups is 1. The maximum absolute atomic E-state index is 12.4. The van der Waals surface area contributed by atoms with Crippen LogP contribution in [0.5, 0.6) is 0 Å². The second kappa shape index (κ2) is 5.16. The lowest BCUT2D eigenvalue weighted by molar-refractivity contribution is -0.132. The molecule has 6 nitrogen and oxygen atoms in total. The number of hydrogen-bond acceptors (Lipinski definition) is 5. The molecule has 1 aromatic rings. The number of carbonyl (C=O) groups excluding carboxylic acids is 1. The van der Waals surface area contributed by atoms with Crippen LogP contribution in [-0.4, -0.2) is 55.2 Å². The molecule has 1 amide bonds. The number of nitrogens with two attached hydrogens (primary N) is 1. The molecule has 1 aromatic heterocycles. The highest BCUT2D eigenvalue weighted by Crippen LogP contribution is 2.25. The minimum absolute atomic E-state index is 0.126. The van der Waals surface area contributed by atoms with Gasteiger partial charge < -0.3 is 10.6 Å². The van der Waals surface area contributed by atoms with Crippen molar-refractivity contribution < 1.29 is 13.2 Å². The number of amides is 1. The minimum Gasteiger partial charge on any atom is -0.389 e. The van der Waals surface area contributed by atoms with Crippen LogP contribution in [0.2, 0.25) is 0 Å². The zero-order valence-corrected chi connectivity index (χ0v) is 12.6. The zero-order chi connectivity index (χ0) is 14.2. The van der Waals surface area contributed by atoms with E-state index in [4.69, 9.17) is 18.0 Å². The number of piperazine rings is 1. The number of thiophene rings is 1. The second-order valence-corrected chi connectivity index (χ2v) is 7.83. The summed E-state index contributed by atoms with van der Waals surface area (Å²) in [5, 5.41) is 0. The van der Waals surface area contributed by atoms with E-state index in [9.17, 15) is 13.2 Å². The third-order valence-electron chi connectivity index (χ3n) is 2.84. The monoisotopic (exact) mass is 319 g/mol. The second-order valence-electron chi connectivity index (χ2n) is 4.14. The molecule has 0 aliphatic carbocycles. The van der Waals surface area contributed by atoms with Gasteiger partial charge in [-0.1, -0.05) is 12.2 Å². The van der Waals surface area contributed by atoms with Crippen LogP contribution in [0.1, 0.15) is 4.88 Å². The zero-order valence-electron chi connectivity index (χ0n) is 10.2. The summed E-state index contributed by atoms with van der Waals surface area (Å²) in [4.78, 5) is 13.8. The van der Waals surface area contributed by atoms with Gasteiger partial charge in [0.2, 0.25) is 5.91 Å². The summed E-state index contributed by atoms with van der Waals surface area (Å²) in [7, 11) is -1.99. The molecular weight excluding hydrogens is 306 g/mol. The van der Waals surface area contributed by atoms with Crippen LogP contribution in [0.3, 0.4) is 0 Å². The van der Waals surface area contributed by atoms with Gasteiger partial charge in [-0.25, -0.2) is 8.42 Å². The third-order valence-corrected chi connectivity index (χ3v) is 6.62. The fourth-order valence-electron chi connectivity index (χ4n) is 1.66. The topological polar surface area (TPSA) is 83.7 Å². The molecule has 0 atom stereocenters. The fourth-order valence-corrected chi connectivity index (χ4v) is 4.55. The molecule has 0 saturated carbocycles. The number of thiocarbonyl (C=S) groups is 1. The summed E-state index contributed by atoms with van der Waals surface area (Å²) in [6.45, 7) is 0.565. The maximum Gasteiger partial charge on any atom is 0.253 e. The molecule has 2 N–H and O–H groups in total. The van der Waals surface area contributed by atoms with Crippen molar-refractivity contribution in [2.45, 2.75) is 4.21 Å². The van der Waals surface area contributed by atoms with Crippen LogP contribution in [0.15, 0.2) is 16.3 Å². The molecule has 2 heterocycles. The lowest BCUT2D eigenvalue weighted by atomic mass is 10.4. The summed E-state index contributed by atoms with van der Waals surface area (Å²) in [6, 6.07) is 3.05. The van der Waals surface area contributed by atoms with Crippen molar-refractivity contribution >= 4 is 44.5 Å². The van der Waals surface area contributed by atoms with E-state index >= 15 is 0 Å². The SMILES string of the molecule is CN1CCN(S(=O)(=O)c2ccc(C(N)=S)s2)CC1=O. The highest BCUT2D eigenvalue weighted by Gasteiger charge is 2.32. The first-order valence-corrected chi connectivity index (χ1v) is 8.12. The summed E-state index contributed by atoms with van der Waals surface area (Å²) in [6.07, 6.45) is 0. The number of likely N-dealkylation sites (N-methyl/N-ethyl adjacent to an activating group) is 1. The lowest BCUT2D eigenvalue weighted by Crippen LogP contribution is -2.50. The van der Waals surface area contributed by atoms with E-state index in [-0.39, 0.29) is 21.6 Å². The molecule has 1 saturated heterocycles. The van der Waals surface area contributed by atoms with Gasteiger partial charge in [-0.2, -0.15) is 4.31 Å². The van der Waals surface area contributed by atoms with Crippen LogP contribution >= 0.6 is 23.6 Å². The molecular formula is C10H13N3O3S3. The molecule has 0 spiro atoms. The Morgan fingerprint density at radius 3 is 2.63 bits per heavy atom. The van der Waals surface area contributed by atoms with Crippen LogP contribution in [0.4, 0.5) is 0 Å².